The molecular formula is C13H18. The summed E-state index contributed by atoms with van der Waals surface area (Å²) in [6, 6.07) is 6.67. The van der Waals surface area contributed by atoms with E-state index in [2.05, 4.69) is 51.1 Å². The minimum Gasteiger partial charge on any atom is -0.0871 e. The Morgan fingerprint density at radius 2 is 2.08 bits per heavy atom. The summed E-state index contributed by atoms with van der Waals surface area (Å²) in [4.78, 5) is 0. The molecular weight excluding hydrogens is 156 g/mol. The zero-order chi connectivity index (χ0) is 9.68. The molecule has 0 bridgehead atoms. The molecule has 0 aliphatic rings. The van der Waals surface area contributed by atoms with E-state index in [1.165, 1.54) is 29.5 Å². The van der Waals surface area contributed by atoms with Gasteiger partial charge in [-0.1, -0.05) is 49.3 Å². The molecule has 0 saturated carbocycles. The highest BCUT2D eigenvalue weighted by molar-refractivity contribution is 5.54. The Balaban J connectivity index is 3.02. The summed E-state index contributed by atoms with van der Waals surface area (Å²) in [6.07, 6.45) is 6.68. The fraction of sp³-hybridized carbons (Fsp3) is 0.385. The molecule has 0 heteroatoms. The smallest absolute Gasteiger partial charge is 0.0228 e. The normalized spacial score (nSPS) is 11.0. The Morgan fingerprint density at radius 3 is 2.69 bits per heavy atom. The summed E-state index contributed by atoms with van der Waals surface area (Å²) in [5.41, 5.74) is 4.20. The van der Waals surface area contributed by atoms with Gasteiger partial charge in [0.05, 0.1) is 0 Å². The van der Waals surface area contributed by atoms with E-state index in [1.54, 1.807) is 0 Å². The third kappa shape index (κ3) is 2.73. The van der Waals surface area contributed by atoms with Crippen LogP contribution in [0.3, 0.4) is 0 Å². The van der Waals surface area contributed by atoms with E-state index in [0.29, 0.717) is 0 Å². The zero-order valence-corrected chi connectivity index (χ0v) is 8.80. The van der Waals surface area contributed by atoms with Crippen LogP contribution in [0.25, 0.3) is 6.08 Å². The molecule has 70 valence electrons. The first-order valence-corrected chi connectivity index (χ1v) is 5.00. The summed E-state index contributed by atoms with van der Waals surface area (Å²) >= 11 is 0. The highest BCUT2D eigenvalue weighted by Gasteiger charge is 1.97. The molecule has 1 aromatic rings. The molecule has 0 radical (unpaired) electrons. The van der Waals surface area contributed by atoms with Crippen LogP contribution in [0.1, 0.15) is 37.0 Å². The standard InChI is InChI=1S/C13H18/c1-4-6-12-9-8-11(3)10-13(12)7-5-2/h4,6,8-10H,5,7H2,1-3H3/b6-4+. The Bertz CT molecular complexity index is 295. The second kappa shape index (κ2) is 4.86. The first kappa shape index (κ1) is 10.0. The van der Waals surface area contributed by atoms with Crippen LogP contribution in [0.15, 0.2) is 24.3 Å². The number of hydrogen-bond acceptors (Lipinski definition) is 0. The van der Waals surface area contributed by atoms with Crippen LogP contribution in [0.5, 0.6) is 0 Å². The lowest BCUT2D eigenvalue weighted by Crippen LogP contribution is -1.89. The fourth-order valence-corrected chi connectivity index (χ4v) is 1.56. The van der Waals surface area contributed by atoms with Gasteiger partial charge in [0.15, 0.2) is 0 Å². The first-order chi connectivity index (χ1) is 6.27. The molecule has 0 unspecified atom stereocenters. The van der Waals surface area contributed by atoms with Crippen molar-refractivity contribution in [2.24, 2.45) is 0 Å². The molecule has 0 aliphatic heterocycles. The molecule has 0 heterocycles. The topological polar surface area (TPSA) is 0 Å². The first-order valence-electron chi connectivity index (χ1n) is 5.00. The van der Waals surface area contributed by atoms with Crippen molar-refractivity contribution in [3.05, 3.63) is 41.0 Å². The maximum atomic E-state index is 2.29. The lowest BCUT2D eigenvalue weighted by molar-refractivity contribution is 0.918. The molecule has 0 fully saturated rings. The van der Waals surface area contributed by atoms with Gasteiger partial charge in [0, 0.05) is 0 Å². The van der Waals surface area contributed by atoms with Crippen LogP contribution in [0.4, 0.5) is 0 Å². The molecule has 1 rings (SSSR count). The Morgan fingerprint density at radius 1 is 1.31 bits per heavy atom. The summed E-state index contributed by atoms with van der Waals surface area (Å²) in [5.74, 6) is 0. The van der Waals surface area contributed by atoms with Gasteiger partial charge in [0.2, 0.25) is 0 Å². The number of aryl methyl sites for hydroxylation is 2. The minimum absolute atomic E-state index is 1.18. The van der Waals surface area contributed by atoms with Crippen LogP contribution in [0.2, 0.25) is 0 Å². The van der Waals surface area contributed by atoms with E-state index in [9.17, 15) is 0 Å². The maximum Gasteiger partial charge on any atom is -0.0228 e. The van der Waals surface area contributed by atoms with E-state index in [4.69, 9.17) is 0 Å². The molecule has 0 nitrogen and oxygen atoms in total. The van der Waals surface area contributed by atoms with E-state index < -0.39 is 0 Å². The van der Waals surface area contributed by atoms with Gasteiger partial charge in [-0.15, -0.1) is 0 Å². The molecule has 0 N–H and O–H groups in total. The Kier molecular flexibility index (Phi) is 3.75. The van der Waals surface area contributed by atoms with Gasteiger partial charge in [-0.05, 0) is 31.4 Å². The largest absolute Gasteiger partial charge is 0.0871 e. The molecule has 0 atom stereocenters. The van der Waals surface area contributed by atoms with Crippen molar-refractivity contribution in [3.63, 3.8) is 0 Å². The van der Waals surface area contributed by atoms with Gasteiger partial charge in [-0.2, -0.15) is 0 Å². The fourth-order valence-electron chi connectivity index (χ4n) is 1.56. The van der Waals surface area contributed by atoms with Crippen molar-refractivity contribution in [2.45, 2.75) is 33.6 Å². The van der Waals surface area contributed by atoms with Crippen LogP contribution in [0, 0.1) is 6.92 Å². The SMILES string of the molecule is C/C=C/c1ccc(C)cc1CCC. The van der Waals surface area contributed by atoms with Crippen LogP contribution in [-0.4, -0.2) is 0 Å². The van der Waals surface area contributed by atoms with Crippen LogP contribution >= 0.6 is 0 Å². The van der Waals surface area contributed by atoms with E-state index in [1.807, 2.05) is 0 Å². The molecule has 0 aliphatic carbocycles. The van der Waals surface area contributed by atoms with Gasteiger partial charge >= 0.3 is 0 Å². The van der Waals surface area contributed by atoms with Gasteiger partial charge in [-0.25, -0.2) is 0 Å². The molecule has 0 amide bonds. The summed E-state index contributed by atoms with van der Waals surface area (Å²) in [7, 11) is 0. The van der Waals surface area contributed by atoms with Crippen LogP contribution in [-0.2, 0) is 6.42 Å². The molecule has 13 heavy (non-hydrogen) atoms. The number of hydrogen-bond donors (Lipinski definition) is 0. The van der Waals surface area contributed by atoms with Crippen LogP contribution < -0.4 is 0 Å². The Hall–Kier alpha value is -1.04. The number of allylic oxidation sites excluding steroid dienone is 1. The molecule has 0 saturated heterocycles. The van der Waals surface area contributed by atoms with E-state index >= 15 is 0 Å². The average Bonchev–Trinajstić information content (AvgIpc) is 2.10. The van der Waals surface area contributed by atoms with Crippen molar-refractivity contribution in [3.8, 4) is 0 Å². The lowest BCUT2D eigenvalue weighted by Gasteiger charge is -2.05. The van der Waals surface area contributed by atoms with Gasteiger partial charge < -0.3 is 0 Å². The number of benzene rings is 1. The van der Waals surface area contributed by atoms with Crippen molar-refractivity contribution in [1.29, 1.82) is 0 Å². The van der Waals surface area contributed by atoms with Gasteiger partial charge in [0.1, 0.15) is 0 Å². The van der Waals surface area contributed by atoms with E-state index in [0.717, 1.165) is 0 Å². The second-order valence-corrected chi connectivity index (χ2v) is 3.45. The average molecular weight is 174 g/mol. The summed E-state index contributed by atoms with van der Waals surface area (Å²) in [6.45, 7) is 6.44. The summed E-state index contributed by atoms with van der Waals surface area (Å²) < 4.78 is 0. The highest BCUT2D eigenvalue weighted by atomic mass is 14.0. The van der Waals surface area contributed by atoms with Crippen molar-refractivity contribution in [2.75, 3.05) is 0 Å². The summed E-state index contributed by atoms with van der Waals surface area (Å²) in [5, 5.41) is 0. The van der Waals surface area contributed by atoms with Crippen molar-refractivity contribution < 1.29 is 0 Å². The predicted molar refractivity (Wildman–Crippen MR) is 59.9 cm³/mol. The molecule has 0 spiro atoms. The van der Waals surface area contributed by atoms with E-state index in [-0.39, 0.29) is 0 Å². The lowest BCUT2D eigenvalue weighted by atomic mass is 10.0. The third-order valence-corrected chi connectivity index (χ3v) is 2.16. The minimum atomic E-state index is 1.18. The third-order valence-electron chi connectivity index (χ3n) is 2.16. The van der Waals surface area contributed by atoms with Gasteiger partial charge in [0.25, 0.3) is 0 Å². The monoisotopic (exact) mass is 174 g/mol. The highest BCUT2D eigenvalue weighted by Crippen LogP contribution is 2.15. The molecule has 0 aromatic heterocycles. The van der Waals surface area contributed by atoms with Crippen molar-refractivity contribution >= 4 is 6.08 Å². The zero-order valence-electron chi connectivity index (χ0n) is 8.80. The maximum absolute atomic E-state index is 2.29. The second-order valence-electron chi connectivity index (χ2n) is 3.45. The molecule has 1 aromatic carbocycles. The number of rotatable bonds is 3. The quantitative estimate of drug-likeness (QED) is 0.650. The predicted octanol–water partition coefficient (Wildman–Crippen LogP) is 3.98. The Labute approximate surface area is 81.3 Å². The van der Waals surface area contributed by atoms with Gasteiger partial charge in [-0.3, -0.25) is 0 Å². The van der Waals surface area contributed by atoms with Crippen molar-refractivity contribution in [1.82, 2.24) is 0 Å².